The maximum absolute atomic E-state index is 3.50. The van der Waals surface area contributed by atoms with E-state index in [1.165, 1.54) is 36.8 Å². The standard InChI is InChI=1S/C12H17.C10H9.2ClH.Hf/c1-9(2)11-8-7-10-5-3-4-6-12(10)11;1-8-6-7-9-4-2-3-5-10(8)9;;;/h7,9,11H,3-6H2,1-2H3;2-5,7-8H,1H3;2*1H;/q2*-1;;;+4/p-2. The molecule has 3 aliphatic carbocycles. The van der Waals surface area contributed by atoms with Crippen LogP contribution in [0.4, 0.5) is 0 Å². The topological polar surface area (TPSA) is 0 Å². The number of fused-ring (bicyclic) bond motifs is 1. The Labute approximate surface area is 184 Å². The van der Waals surface area contributed by atoms with E-state index in [2.05, 4.69) is 69.3 Å². The van der Waals surface area contributed by atoms with Gasteiger partial charge in [0.1, 0.15) is 0 Å². The Morgan fingerprint density at radius 3 is 2.32 bits per heavy atom. The number of allylic oxidation sites excluding steroid dienone is 5. The minimum Gasteiger partial charge on any atom is -1.00 e. The van der Waals surface area contributed by atoms with Crippen LogP contribution in [0.25, 0.3) is 6.08 Å². The smallest absolute Gasteiger partial charge is 1.00 e. The molecule has 2 unspecified atom stereocenters. The summed E-state index contributed by atoms with van der Waals surface area (Å²) in [6, 6.07) is 8.44. The van der Waals surface area contributed by atoms with Crippen LogP contribution in [0.2, 0.25) is 0 Å². The van der Waals surface area contributed by atoms with Crippen molar-refractivity contribution in [1.29, 1.82) is 0 Å². The van der Waals surface area contributed by atoms with Crippen molar-refractivity contribution in [3.63, 3.8) is 0 Å². The summed E-state index contributed by atoms with van der Waals surface area (Å²) in [6.07, 6.45) is 16.5. The van der Waals surface area contributed by atoms with Gasteiger partial charge in [0.2, 0.25) is 0 Å². The van der Waals surface area contributed by atoms with Gasteiger partial charge >= 0.3 is 25.8 Å². The van der Waals surface area contributed by atoms with Crippen molar-refractivity contribution in [3.05, 3.63) is 64.8 Å². The molecule has 0 aromatic heterocycles. The van der Waals surface area contributed by atoms with E-state index in [-0.39, 0.29) is 50.7 Å². The molecular weight excluding hydrogens is 514 g/mol. The number of hydrogen-bond donors (Lipinski definition) is 0. The van der Waals surface area contributed by atoms with E-state index in [0.717, 1.165) is 5.92 Å². The number of hydrogen-bond acceptors (Lipinski definition) is 0. The summed E-state index contributed by atoms with van der Waals surface area (Å²) in [5, 5.41) is 0. The first-order valence-corrected chi connectivity index (χ1v) is 8.66. The summed E-state index contributed by atoms with van der Waals surface area (Å²) >= 11 is 0. The van der Waals surface area contributed by atoms with Crippen molar-refractivity contribution in [1.82, 2.24) is 0 Å². The Morgan fingerprint density at radius 1 is 0.960 bits per heavy atom. The zero-order valence-corrected chi connectivity index (χ0v) is 20.4. The van der Waals surface area contributed by atoms with Crippen molar-refractivity contribution in [2.24, 2.45) is 11.8 Å². The third kappa shape index (κ3) is 5.94. The molecule has 1 aromatic carbocycles. The average Bonchev–Trinajstić information content (AvgIpc) is 3.13. The van der Waals surface area contributed by atoms with Gasteiger partial charge in [0.05, 0.1) is 0 Å². The maximum Gasteiger partial charge on any atom is 4.00 e. The van der Waals surface area contributed by atoms with Gasteiger partial charge in [-0.05, 0) is 6.42 Å². The molecule has 0 bridgehead atoms. The quantitative estimate of drug-likeness (QED) is 0.352. The monoisotopic (exact) mass is 540 g/mol. The van der Waals surface area contributed by atoms with Crippen LogP contribution >= 0.6 is 0 Å². The van der Waals surface area contributed by atoms with Gasteiger partial charge in [0.25, 0.3) is 0 Å². The molecule has 0 N–H and O–H groups in total. The van der Waals surface area contributed by atoms with Crippen LogP contribution in [-0.2, 0) is 25.8 Å². The number of halogens is 2. The zero-order valence-electron chi connectivity index (χ0n) is 15.3. The van der Waals surface area contributed by atoms with Crippen molar-refractivity contribution in [2.45, 2.75) is 52.4 Å². The first-order chi connectivity index (χ1) is 10.7. The van der Waals surface area contributed by atoms with Crippen molar-refractivity contribution < 1.29 is 50.7 Å². The van der Waals surface area contributed by atoms with E-state index in [0.29, 0.717) is 11.8 Å². The van der Waals surface area contributed by atoms with Crippen LogP contribution in [0.5, 0.6) is 0 Å². The van der Waals surface area contributed by atoms with E-state index >= 15 is 0 Å². The van der Waals surface area contributed by atoms with Crippen molar-refractivity contribution in [3.8, 4) is 0 Å². The van der Waals surface area contributed by atoms with Crippen LogP contribution in [0.3, 0.4) is 0 Å². The molecule has 0 aliphatic heterocycles. The molecule has 0 saturated heterocycles. The van der Waals surface area contributed by atoms with Crippen LogP contribution < -0.4 is 24.8 Å². The maximum atomic E-state index is 3.50. The van der Waals surface area contributed by atoms with E-state index in [1.807, 2.05) is 0 Å². The molecule has 0 fully saturated rings. The molecule has 3 aliphatic rings. The Morgan fingerprint density at radius 2 is 1.64 bits per heavy atom. The Balaban J connectivity index is 0.000000416. The molecule has 0 nitrogen and oxygen atoms in total. The Bertz CT molecular complexity index is 629. The van der Waals surface area contributed by atoms with Gasteiger partial charge in [-0.1, -0.05) is 76.0 Å². The van der Waals surface area contributed by atoms with Gasteiger partial charge in [0, 0.05) is 0 Å². The van der Waals surface area contributed by atoms with Crippen LogP contribution in [0.1, 0.15) is 63.5 Å². The first kappa shape index (κ1) is 24.9. The van der Waals surface area contributed by atoms with Crippen LogP contribution in [0.15, 0.2) is 41.5 Å². The van der Waals surface area contributed by atoms with Gasteiger partial charge < -0.3 is 24.8 Å². The largest absolute Gasteiger partial charge is 4.00 e. The first-order valence-electron chi connectivity index (χ1n) is 8.66. The van der Waals surface area contributed by atoms with E-state index in [9.17, 15) is 0 Å². The summed E-state index contributed by atoms with van der Waals surface area (Å²) in [7, 11) is 0. The Hall–Kier alpha value is -0.110. The number of benzene rings is 1. The van der Waals surface area contributed by atoms with Crippen molar-refractivity contribution >= 4 is 6.08 Å². The molecule has 0 heterocycles. The summed E-state index contributed by atoms with van der Waals surface area (Å²) in [4.78, 5) is 0. The molecule has 0 radical (unpaired) electrons. The van der Waals surface area contributed by atoms with Crippen molar-refractivity contribution in [2.75, 3.05) is 0 Å². The third-order valence-electron chi connectivity index (χ3n) is 4.99. The molecule has 4 rings (SSSR count). The molecular formula is C22H26Cl2Hf. The molecule has 3 heteroatoms. The fraction of sp³-hybridized carbons (Fsp3) is 0.455. The molecule has 1 aromatic rings. The summed E-state index contributed by atoms with van der Waals surface area (Å²) in [6.45, 7) is 6.77. The van der Waals surface area contributed by atoms with Gasteiger partial charge in [-0.15, -0.1) is 11.6 Å². The second-order valence-corrected chi connectivity index (χ2v) is 6.95. The van der Waals surface area contributed by atoms with E-state index in [4.69, 9.17) is 0 Å². The zero-order chi connectivity index (χ0) is 15.5. The molecule has 0 saturated carbocycles. The van der Waals surface area contributed by atoms with E-state index < -0.39 is 0 Å². The predicted molar refractivity (Wildman–Crippen MR) is 94.2 cm³/mol. The molecule has 25 heavy (non-hydrogen) atoms. The molecule has 2 atom stereocenters. The van der Waals surface area contributed by atoms with Gasteiger partial charge in [-0.2, -0.15) is 16.7 Å². The third-order valence-corrected chi connectivity index (χ3v) is 4.99. The minimum absolute atomic E-state index is 0. The second kappa shape index (κ2) is 11.6. The SMILES string of the molecule is CC(C)C1[C-]=CC2=C1CCCC2.CC1[C-]=Cc2ccccc21.[Cl-].[Cl-].[Hf+4]. The average molecular weight is 540 g/mol. The van der Waals surface area contributed by atoms with Crippen LogP contribution in [0, 0.1) is 24.0 Å². The van der Waals surface area contributed by atoms with Gasteiger partial charge in [-0.3, -0.25) is 12.2 Å². The number of rotatable bonds is 1. The van der Waals surface area contributed by atoms with E-state index in [1.54, 1.807) is 11.1 Å². The summed E-state index contributed by atoms with van der Waals surface area (Å²) < 4.78 is 0. The summed E-state index contributed by atoms with van der Waals surface area (Å²) in [5.74, 6) is 1.89. The molecule has 132 valence electrons. The summed E-state index contributed by atoms with van der Waals surface area (Å²) in [5.41, 5.74) is 6.05. The fourth-order valence-electron chi connectivity index (χ4n) is 3.70. The van der Waals surface area contributed by atoms with Gasteiger partial charge in [0.15, 0.2) is 0 Å². The van der Waals surface area contributed by atoms with Gasteiger partial charge in [-0.25, -0.2) is 12.2 Å². The minimum atomic E-state index is 0. The normalized spacial score (nSPS) is 22.1. The second-order valence-electron chi connectivity index (χ2n) is 6.95. The molecule has 0 spiro atoms. The Kier molecular flexibility index (Phi) is 11.5. The molecule has 0 amide bonds. The predicted octanol–water partition coefficient (Wildman–Crippen LogP) is 0.128. The fourth-order valence-corrected chi connectivity index (χ4v) is 3.70. The van der Waals surface area contributed by atoms with Crippen LogP contribution in [-0.4, -0.2) is 0 Å².